The zero-order valence-corrected chi connectivity index (χ0v) is 12.2. The van der Waals surface area contributed by atoms with E-state index in [1.807, 2.05) is 27.7 Å². The molecule has 114 valence electrons. The van der Waals surface area contributed by atoms with E-state index in [0.29, 0.717) is 13.1 Å². The Bertz CT molecular complexity index is 438. The van der Waals surface area contributed by atoms with Crippen LogP contribution in [0.1, 0.15) is 39.8 Å². The SMILES string of the molecule is CCCNc1nc(NCC(C)(C)C)cc(C(F)(F)F)n1. The molecule has 7 heteroatoms. The second kappa shape index (κ2) is 6.28. The minimum atomic E-state index is -4.48. The van der Waals surface area contributed by atoms with E-state index in [1.54, 1.807) is 0 Å². The lowest BCUT2D eigenvalue weighted by molar-refractivity contribution is -0.141. The van der Waals surface area contributed by atoms with Crippen LogP contribution in [-0.2, 0) is 6.18 Å². The van der Waals surface area contributed by atoms with Gasteiger partial charge in [-0.15, -0.1) is 0 Å². The van der Waals surface area contributed by atoms with Gasteiger partial charge in [0.25, 0.3) is 0 Å². The number of nitrogens with one attached hydrogen (secondary N) is 2. The van der Waals surface area contributed by atoms with Crippen LogP contribution in [0.5, 0.6) is 0 Å². The van der Waals surface area contributed by atoms with Crippen molar-refractivity contribution in [3.8, 4) is 0 Å². The van der Waals surface area contributed by atoms with Crippen LogP contribution in [0.25, 0.3) is 0 Å². The molecule has 0 spiro atoms. The largest absolute Gasteiger partial charge is 0.433 e. The highest BCUT2D eigenvalue weighted by Crippen LogP contribution is 2.29. The van der Waals surface area contributed by atoms with Gasteiger partial charge in [0, 0.05) is 19.2 Å². The van der Waals surface area contributed by atoms with E-state index in [-0.39, 0.29) is 17.2 Å². The van der Waals surface area contributed by atoms with Gasteiger partial charge in [-0.3, -0.25) is 0 Å². The maximum absolute atomic E-state index is 12.8. The predicted octanol–water partition coefficient (Wildman–Crippen LogP) is 3.78. The van der Waals surface area contributed by atoms with Crippen LogP contribution in [0.15, 0.2) is 6.07 Å². The Morgan fingerprint density at radius 2 is 1.75 bits per heavy atom. The molecule has 0 saturated heterocycles. The van der Waals surface area contributed by atoms with Crippen molar-refractivity contribution in [1.29, 1.82) is 0 Å². The lowest BCUT2D eigenvalue weighted by Gasteiger charge is -2.20. The van der Waals surface area contributed by atoms with Gasteiger partial charge in [0.2, 0.25) is 5.95 Å². The Kier molecular flexibility index (Phi) is 5.19. The Labute approximate surface area is 117 Å². The monoisotopic (exact) mass is 290 g/mol. The van der Waals surface area contributed by atoms with Gasteiger partial charge in [-0.2, -0.15) is 18.2 Å². The van der Waals surface area contributed by atoms with E-state index in [1.165, 1.54) is 0 Å². The zero-order valence-electron chi connectivity index (χ0n) is 12.2. The van der Waals surface area contributed by atoms with Crippen molar-refractivity contribution in [2.45, 2.75) is 40.3 Å². The summed E-state index contributed by atoms with van der Waals surface area (Å²) in [7, 11) is 0. The molecular weight excluding hydrogens is 269 g/mol. The predicted molar refractivity (Wildman–Crippen MR) is 73.8 cm³/mol. The second-order valence-electron chi connectivity index (χ2n) is 5.80. The Balaban J connectivity index is 2.97. The summed E-state index contributed by atoms with van der Waals surface area (Å²) in [5, 5.41) is 5.70. The summed E-state index contributed by atoms with van der Waals surface area (Å²) in [6, 6.07) is 0.933. The highest BCUT2D eigenvalue weighted by Gasteiger charge is 2.33. The van der Waals surface area contributed by atoms with Gasteiger partial charge in [0.05, 0.1) is 0 Å². The van der Waals surface area contributed by atoms with Crippen molar-refractivity contribution in [2.24, 2.45) is 5.41 Å². The standard InChI is InChI=1S/C13H21F3N4/c1-5-6-17-11-19-9(13(14,15)16)7-10(20-11)18-8-12(2,3)4/h7H,5-6,8H2,1-4H3,(H2,17,18,19,20). The molecule has 0 fully saturated rings. The van der Waals surface area contributed by atoms with Crippen molar-refractivity contribution in [3.63, 3.8) is 0 Å². The number of rotatable bonds is 5. The van der Waals surface area contributed by atoms with Crippen molar-refractivity contribution >= 4 is 11.8 Å². The summed E-state index contributed by atoms with van der Waals surface area (Å²) in [6.07, 6.45) is -3.70. The topological polar surface area (TPSA) is 49.8 Å². The smallest absolute Gasteiger partial charge is 0.369 e. The number of hydrogen-bond donors (Lipinski definition) is 2. The normalized spacial score (nSPS) is 12.3. The van der Waals surface area contributed by atoms with Gasteiger partial charge >= 0.3 is 6.18 Å². The molecule has 0 aliphatic heterocycles. The maximum Gasteiger partial charge on any atom is 0.433 e. The molecule has 0 aromatic carbocycles. The molecule has 1 aromatic rings. The number of alkyl halides is 3. The number of aromatic nitrogens is 2. The molecule has 1 rings (SSSR count). The first-order valence-corrected chi connectivity index (χ1v) is 6.56. The Hall–Kier alpha value is -1.53. The molecule has 0 aliphatic rings. The fourth-order valence-corrected chi connectivity index (χ4v) is 1.35. The summed E-state index contributed by atoms with van der Waals surface area (Å²) < 4.78 is 38.4. The molecule has 4 nitrogen and oxygen atoms in total. The van der Waals surface area contributed by atoms with Gasteiger partial charge in [0.15, 0.2) is 5.69 Å². The third kappa shape index (κ3) is 5.63. The van der Waals surface area contributed by atoms with E-state index in [4.69, 9.17) is 0 Å². The van der Waals surface area contributed by atoms with Gasteiger partial charge < -0.3 is 10.6 Å². The zero-order chi connectivity index (χ0) is 15.4. The highest BCUT2D eigenvalue weighted by atomic mass is 19.4. The molecule has 1 heterocycles. The lowest BCUT2D eigenvalue weighted by atomic mass is 9.97. The number of halogens is 3. The van der Waals surface area contributed by atoms with Crippen LogP contribution < -0.4 is 10.6 Å². The molecule has 0 unspecified atom stereocenters. The second-order valence-corrected chi connectivity index (χ2v) is 5.80. The van der Waals surface area contributed by atoms with E-state index in [0.717, 1.165) is 12.5 Å². The molecule has 0 atom stereocenters. The maximum atomic E-state index is 12.8. The molecule has 1 aromatic heterocycles. The first-order chi connectivity index (χ1) is 9.12. The van der Waals surface area contributed by atoms with Crippen LogP contribution in [-0.4, -0.2) is 23.1 Å². The van der Waals surface area contributed by atoms with E-state index >= 15 is 0 Å². The summed E-state index contributed by atoms with van der Waals surface area (Å²) in [4.78, 5) is 7.55. The quantitative estimate of drug-likeness (QED) is 0.866. The number of anilines is 2. The fraction of sp³-hybridized carbons (Fsp3) is 0.692. The van der Waals surface area contributed by atoms with Gasteiger partial charge in [-0.05, 0) is 11.8 Å². The minimum Gasteiger partial charge on any atom is -0.369 e. The molecule has 2 N–H and O–H groups in total. The Morgan fingerprint density at radius 1 is 1.10 bits per heavy atom. The van der Waals surface area contributed by atoms with E-state index in [2.05, 4.69) is 20.6 Å². The molecule has 20 heavy (non-hydrogen) atoms. The lowest BCUT2D eigenvalue weighted by Crippen LogP contribution is -2.21. The molecule has 0 amide bonds. The number of nitrogens with zero attached hydrogens (tertiary/aromatic N) is 2. The van der Waals surface area contributed by atoms with E-state index < -0.39 is 11.9 Å². The van der Waals surface area contributed by atoms with Crippen LogP contribution in [0.3, 0.4) is 0 Å². The van der Waals surface area contributed by atoms with Crippen LogP contribution in [0.2, 0.25) is 0 Å². The van der Waals surface area contributed by atoms with Crippen LogP contribution in [0.4, 0.5) is 24.9 Å². The number of hydrogen-bond acceptors (Lipinski definition) is 4. The van der Waals surface area contributed by atoms with Gasteiger partial charge in [-0.1, -0.05) is 27.7 Å². The average Bonchev–Trinajstić information content (AvgIpc) is 2.32. The van der Waals surface area contributed by atoms with Crippen LogP contribution in [0, 0.1) is 5.41 Å². The summed E-state index contributed by atoms with van der Waals surface area (Å²) >= 11 is 0. The summed E-state index contributed by atoms with van der Waals surface area (Å²) in [5.41, 5.74) is -0.997. The van der Waals surface area contributed by atoms with Gasteiger partial charge in [0.1, 0.15) is 5.82 Å². The van der Waals surface area contributed by atoms with Crippen molar-refractivity contribution in [3.05, 3.63) is 11.8 Å². The third-order valence-corrected chi connectivity index (χ3v) is 2.35. The van der Waals surface area contributed by atoms with Crippen molar-refractivity contribution in [2.75, 3.05) is 23.7 Å². The first-order valence-electron chi connectivity index (χ1n) is 6.56. The molecule has 0 bridgehead atoms. The first kappa shape index (κ1) is 16.5. The van der Waals surface area contributed by atoms with Crippen LogP contribution >= 0.6 is 0 Å². The van der Waals surface area contributed by atoms with E-state index in [9.17, 15) is 13.2 Å². The fourth-order valence-electron chi connectivity index (χ4n) is 1.35. The molecule has 0 saturated carbocycles. The van der Waals surface area contributed by atoms with Crippen molar-refractivity contribution in [1.82, 2.24) is 9.97 Å². The molecular formula is C13H21F3N4. The average molecular weight is 290 g/mol. The summed E-state index contributed by atoms with van der Waals surface area (Å²) in [6.45, 7) is 8.93. The third-order valence-electron chi connectivity index (χ3n) is 2.35. The summed E-state index contributed by atoms with van der Waals surface area (Å²) in [5.74, 6) is 0.180. The van der Waals surface area contributed by atoms with Crippen molar-refractivity contribution < 1.29 is 13.2 Å². The van der Waals surface area contributed by atoms with Gasteiger partial charge in [-0.25, -0.2) is 4.98 Å². The Morgan fingerprint density at radius 3 is 2.25 bits per heavy atom. The molecule has 0 aliphatic carbocycles. The molecule has 0 radical (unpaired) electrons. The highest BCUT2D eigenvalue weighted by molar-refractivity contribution is 5.43. The minimum absolute atomic E-state index is 0.00177.